The molecule has 0 spiro atoms. The lowest BCUT2D eigenvalue weighted by Crippen LogP contribution is -2.41. The summed E-state index contributed by atoms with van der Waals surface area (Å²) in [5, 5.41) is 17.6. The fourth-order valence-electron chi connectivity index (χ4n) is 4.42. The van der Waals surface area contributed by atoms with Crippen LogP contribution in [0.3, 0.4) is 0 Å². The number of aromatic nitrogens is 5. The van der Waals surface area contributed by atoms with E-state index in [1.54, 1.807) is 11.8 Å². The highest BCUT2D eigenvalue weighted by atomic mass is 16.6. The maximum Gasteiger partial charge on any atom is 0.230 e. The van der Waals surface area contributed by atoms with Gasteiger partial charge in [-0.3, -0.25) is 4.84 Å². The Kier molecular flexibility index (Phi) is 5.59. The molecule has 0 amide bonds. The Bertz CT molecular complexity index is 1050. The summed E-state index contributed by atoms with van der Waals surface area (Å²) in [6.07, 6.45) is 12.2. The molecular weight excluding hydrogens is 394 g/mol. The van der Waals surface area contributed by atoms with Gasteiger partial charge in [0.25, 0.3) is 0 Å². The molecule has 5 rings (SSSR count). The van der Waals surface area contributed by atoms with E-state index in [2.05, 4.69) is 15.3 Å². The second kappa shape index (κ2) is 8.66. The van der Waals surface area contributed by atoms with Crippen molar-refractivity contribution in [2.45, 2.75) is 57.0 Å². The third kappa shape index (κ3) is 4.14. The molecule has 1 saturated carbocycles. The predicted octanol–water partition coefficient (Wildman–Crippen LogP) is 1.70. The van der Waals surface area contributed by atoms with Crippen molar-refractivity contribution < 1.29 is 14.7 Å². The average Bonchev–Trinajstić information content (AvgIpc) is 3.56. The van der Waals surface area contributed by atoms with Crippen LogP contribution >= 0.6 is 0 Å². The third-order valence-corrected chi connectivity index (χ3v) is 6.24. The van der Waals surface area contributed by atoms with Crippen LogP contribution in [0.4, 0.5) is 11.9 Å². The van der Waals surface area contributed by atoms with Crippen molar-refractivity contribution >= 4 is 17.5 Å². The molecule has 2 N–H and O–H groups in total. The van der Waals surface area contributed by atoms with Crippen LogP contribution in [0, 0.1) is 0 Å². The number of rotatable bonds is 8. The average molecular weight is 425 g/mol. The first-order chi connectivity index (χ1) is 15.3. The minimum absolute atomic E-state index is 0.183. The molecular formula is C22H30N7O2+. The number of anilines is 2. The molecule has 1 aliphatic carbocycles. The van der Waals surface area contributed by atoms with Crippen LogP contribution in [-0.2, 0) is 6.54 Å². The Balaban J connectivity index is 1.50. The van der Waals surface area contributed by atoms with Crippen molar-refractivity contribution in [3.05, 3.63) is 41.9 Å². The molecule has 9 heteroatoms. The first kappa shape index (κ1) is 20.0. The fraction of sp³-hybridized carbons (Fsp3) is 0.545. The highest BCUT2D eigenvalue weighted by molar-refractivity contribution is 5.57. The topological polar surface area (TPSA) is 91.7 Å². The van der Waals surface area contributed by atoms with Crippen LogP contribution in [0.5, 0.6) is 0 Å². The number of hydrogen-bond acceptors (Lipinski definition) is 7. The Morgan fingerprint density at radius 3 is 2.97 bits per heavy atom. The molecule has 1 saturated heterocycles. The largest absolute Gasteiger partial charge is 0.396 e. The normalized spacial score (nSPS) is 19.0. The van der Waals surface area contributed by atoms with Crippen molar-refractivity contribution in [3.8, 4) is 0 Å². The van der Waals surface area contributed by atoms with Gasteiger partial charge < -0.3 is 15.3 Å². The van der Waals surface area contributed by atoms with Crippen molar-refractivity contribution in [3.63, 3.8) is 0 Å². The molecule has 0 aromatic carbocycles. The molecule has 9 nitrogen and oxygen atoms in total. The van der Waals surface area contributed by atoms with E-state index in [9.17, 15) is 5.11 Å². The molecule has 0 bridgehead atoms. The van der Waals surface area contributed by atoms with Crippen molar-refractivity contribution in [2.75, 3.05) is 30.5 Å². The Morgan fingerprint density at radius 2 is 2.16 bits per heavy atom. The monoisotopic (exact) mass is 424 g/mol. The maximum absolute atomic E-state index is 9.55. The molecule has 3 aromatic rings. The molecule has 1 atom stereocenters. The van der Waals surface area contributed by atoms with E-state index < -0.39 is 0 Å². The zero-order valence-electron chi connectivity index (χ0n) is 17.9. The Morgan fingerprint density at radius 1 is 1.26 bits per heavy atom. The van der Waals surface area contributed by atoms with Crippen LogP contribution in [0.15, 0.2) is 30.7 Å². The van der Waals surface area contributed by atoms with Gasteiger partial charge >= 0.3 is 0 Å². The number of nitrogens with one attached hydrogen (secondary N) is 1. The van der Waals surface area contributed by atoms with Gasteiger partial charge in [0, 0.05) is 47.7 Å². The van der Waals surface area contributed by atoms with E-state index in [1.165, 1.54) is 24.8 Å². The van der Waals surface area contributed by atoms with E-state index in [0.717, 1.165) is 43.0 Å². The summed E-state index contributed by atoms with van der Waals surface area (Å²) in [5.41, 5.74) is 3.17. The van der Waals surface area contributed by atoms with Gasteiger partial charge in [-0.05, 0) is 50.5 Å². The van der Waals surface area contributed by atoms with Crippen LogP contribution < -0.4 is 19.8 Å². The summed E-state index contributed by atoms with van der Waals surface area (Å²) in [6.45, 7) is 1.69. The summed E-state index contributed by atoms with van der Waals surface area (Å²) >= 11 is 0. The molecule has 164 valence electrons. The molecule has 4 heterocycles. The zero-order valence-corrected chi connectivity index (χ0v) is 17.9. The van der Waals surface area contributed by atoms with Gasteiger partial charge in [0.2, 0.25) is 24.3 Å². The smallest absolute Gasteiger partial charge is 0.230 e. The number of hydrogen-bond donors (Lipinski definition) is 2. The molecule has 3 aromatic heterocycles. The number of nitrogens with zero attached hydrogens (tertiary/aromatic N) is 6. The molecule has 1 aliphatic heterocycles. The zero-order chi connectivity index (χ0) is 21.2. The van der Waals surface area contributed by atoms with Gasteiger partial charge in [-0.1, -0.05) is 0 Å². The van der Waals surface area contributed by atoms with E-state index in [-0.39, 0.29) is 12.6 Å². The van der Waals surface area contributed by atoms with E-state index in [1.807, 2.05) is 35.2 Å². The lowest BCUT2D eigenvalue weighted by molar-refractivity contribution is -0.885. The summed E-state index contributed by atoms with van der Waals surface area (Å²) in [7, 11) is 1.64. The Labute approximate surface area is 181 Å². The number of aliphatic hydroxyl groups is 1. The standard InChI is InChI=1S/C22H30N7O2/c1-31-27-10-4-5-16(15-27)13-23-21-26-22(28-11-3-2-6-18(28)9-12-30)25-20-19(17-7-8-17)14-24-29(20)21/h4-5,10,14-15,17-18,30H,2-3,6-9,11-13H2,1H3,(H,23,25,26)/q+1. The number of pyridine rings is 1. The predicted molar refractivity (Wildman–Crippen MR) is 116 cm³/mol. The van der Waals surface area contributed by atoms with Crippen molar-refractivity contribution in [1.29, 1.82) is 0 Å². The van der Waals surface area contributed by atoms with Gasteiger partial charge in [0.1, 0.15) is 7.11 Å². The molecule has 2 fully saturated rings. The molecule has 1 unspecified atom stereocenters. The SMILES string of the molecule is CO[n+]1cccc(CNc2nc(N3CCCCC3CCO)nc3c(C4CC4)cnn23)c1. The fourth-order valence-corrected chi connectivity index (χ4v) is 4.42. The summed E-state index contributed by atoms with van der Waals surface area (Å²) in [5.74, 6) is 1.97. The molecule has 31 heavy (non-hydrogen) atoms. The maximum atomic E-state index is 9.55. The van der Waals surface area contributed by atoms with E-state index >= 15 is 0 Å². The lowest BCUT2D eigenvalue weighted by Gasteiger charge is -2.35. The summed E-state index contributed by atoms with van der Waals surface area (Å²) < 4.78 is 3.50. The minimum atomic E-state index is 0.183. The van der Waals surface area contributed by atoms with Crippen molar-refractivity contribution in [2.24, 2.45) is 0 Å². The van der Waals surface area contributed by atoms with Gasteiger partial charge in [0.15, 0.2) is 5.65 Å². The summed E-state index contributed by atoms with van der Waals surface area (Å²) in [4.78, 5) is 17.4. The van der Waals surface area contributed by atoms with Crippen LogP contribution in [0.25, 0.3) is 5.65 Å². The first-order valence-electron chi connectivity index (χ1n) is 11.2. The highest BCUT2D eigenvalue weighted by Gasteiger charge is 2.30. The van der Waals surface area contributed by atoms with Gasteiger partial charge in [-0.2, -0.15) is 19.6 Å². The second-order valence-corrected chi connectivity index (χ2v) is 8.42. The second-order valence-electron chi connectivity index (χ2n) is 8.42. The van der Waals surface area contributed by atoms with Gasteiger partial charge in [-0.25, -0.2) is 0 Å². The van der Waals surface area contributed by atoms with E-state index in [4.69, 9.17) is 14.8 Å². The number of fused-ring (bicyclic) bond motifs is 1. The highest BCUT2D eigenvalue weighted by Crippen LogP contribution is 2.42. The van der Waals surface area contributed by atoms with Crippen LogP contribution in [-0.4, -0.2) is 51.0 Å². The molecule has 2 aliphatic rings. The van der Waals surface area contributed by atoms with Gasteiger partial charge in [-0.15, -0.1) is 0 Å². The van der Waals surface area contributed by atoms with E-state index in [0.29, 0.717) is 18.4 Å². The third-order valence-electron chi connectivity index (χ3n) is 6.24. The number of aliphatic hydroxyl groups excluding tert-OH is 1. The summed E-state index contributed by atoms with van der Waals surface area (Å²) in [6, 6.07) is 4.27. The Hall–Kier alpha value is -2.94. The van der Waals surface area contributed by atoms with Crippen LogP contribution in [0.2, 0.25) is 0 Å². The molecule has 0 radical (unpaired) electrons. The van der Waals surface area contributed by atoms with Crippen molar-refractivity contribution in [1.82, 2.24) is 19.6 Å². The van der Waals surface area contributed by atoms with Crippen LogP contribution in [0.1, 0.15) is 55.6 Å². The quantitative estimate of drug-likeness (QED) is 0.532. The first-order valence-corrected chi connectivity index (χ1v) is 11.2. The minimum Gasteiger partial charge on any atom is -0.396 e. The number of piperidine rings is 1. The van der Waals surface area contributed by atoms with Gasteiger partial charge in [0.05, 0.1) is 6.20 Å². The lowest BCUT2D eigenvalue weighted by atomic mass is 10.0.